The number of nitrogens with one attached hydrogen (secondary N) is 1. The van der Waals surface area contributed by atoms with Crippen LogP contribution in [0.5, 0.6) is 0 Å². The second-order valence-electron chi connectivity index (χ2n) is 7.18. The Bertz CT molecular complexity index is 1150. The number of pyridine rings is 1. The van der Waals surface area contributed by atoms with Crippen LogP contribution in [0.1, 0.15) is 13.8 Å². The number of H-pyrrole nitrogens is 1. The number of aromatic nitrogens is 6. The van der Waals surface area contributed by atoms with Gasteiger partial charge >= 0.3 is 0 Å². The summed E-state index contributed by atoms with van der Waals surface area (Å²) >= 11 is 0. The molecule has 5 rings (SSSR count). The van der Waals surface area contributed by atoms with Crippen LogP contribution in [-0.4, -0.2) is 55.5 Å². The first-order valence-electron chi connectivity index (χ1n) is 9.92. The van der Waals surface area contributed by atoms with Gasteiger partial charge in [0, 0.05) is 48.7 Å². The van der Waals surface area contributed by atoms with Gasteiger partial charge in [0.25, 0.3) is 0 Å². The molecular weight excluding hydrogens is 366 g/mol. The molecule has 1 saturated heterocycles. The maximum Gasteiger partial charge on any atom is 0.163 e. The molecule has 148 valence electrons. The first-order chi connectivity index (χ1) is 14.2. The van der Waals surface area contributed by atoms with Gasteiger partial charge in [-0.1, -0.05) is 0 Å². The Morgan fingerprint density at radius 2 is 2.14 bits per heavy atom. The van der Waals surface area contributed by atoms with Gasteiger partial charge in [0.2, 0.25) is 0 Å². The third-order valence-electron chi connectivity index (χ3n) is 5.35. The fraction of sp³-hybridized carbons (Fsp3) is 0.333. The molecule has 0 amide bonds. The number of ether oxygens (including phenoxy) is 1. The summed E-state index contributed by atoms with van der Waals surface area (Å²) in [7, 11) is 0. The predicted molar refractivity (Wildman–Crippen MR) is 112 cm³/mol. The molecule has 1 atom stereocenters. The summed E-state index contributed by atoms with van der Waals surface area (Å²) < 4.78 is 7.58. The quantitative estimate of drug-likeness (QED) is 0.577. The molecule has 8 heteroatoms. The average molecular weight is 389 g/mol. The van der Waals surface area contributed by atoms with Crippen molar-refractivity contribution in [1.82, 2.24) is 29.7 Å². The van der Waals surface area contributed by atoms with Gasteiger partial charge < -0.3 is 14.6 Å². The molecule has 0 aromatic carbocycles. The van der Waals surface area contributed by atoms with Gasteiger partial charge in [-0.2, -0.15) is 5.10 Å². The van der Waals surface area contributed by atoms with Crippen molar-refractivity contribution in [2.75, 3.05) is 24.7 Å². The zero-order valence-corrected chi connectivity index (χ0v) is 16.5. The molecule has 8 nitrogen and oxygen atoms in total. The minimum absolute atomic E-state index is 0.250. The molecule has 1 fully saturated rings. The summed E-state index contributed by atoms with van der Waals surface area (Å²) in [5.41, 5.74) is 3.64. The second-order valence-corrected chi connectivity index (χ2v) is 7.18. The summed E-state index contributed by atoms with van der Waals surface area (Å²) in [5, 5.41) is 5.43. The molecule has 1 aliphatic rings. The molecule has 0 spiro atoms. The van der Waals surface area contributed by atoms with E-state index in [1.807, 2.05) is 35.3 Å². The Morgan fingerprint density at radius 3 is 3.00 bits per heavy atom. The summed E-state index contributed by atoms with van der Waals surface area (Å²) in [6.07, 6.45) is 5.49. The first-order valence-corrected chi connectivity index (χ1v) is 9.92. The molecule has 4 aromatic rings. The lowest BCUT2D eigenvalue weighted by atomic mass is 10.1. The molecule has 0 saturated carbocycles. The van der Waals surface area contributed by atoms with Crippen molar-refractivity contribution in [3.05, 3.63) is 42.9 Å². The van der Waals surface area contributed by atoms with Gasteiger partial charge in [-0.25, -0.2) is 15.0 Å². The van der Waals surface area contributed by atoms with E-state index in [1.54, 1.807) is 6.20 Å². The van der Waals surface area contributed by atoms with Crippen LogP contribution in [0, 0.1) is 0 Å². The largest absolute Gasteiger partial charge is 0.377 e. The molecule has 0 radical (unpaired) electrons. The van der Waals surface area contributed by atoms with Gasteiger partial charge in [0.15, 0.2) is 5.82 Å². The van der Waals surface area contributed by atoms with E-state index in [-0.39, 0.29) is 6.04 Å². The van der Waals surface area contributed by atoms with Crippen molar-refractivity contribution >= 4 is 16.9 Å². The van der Waals surface area contributed by atoms with E-state index in [0.29, 0.717) is 19.0 Å². The molecule has 0 bridgehead atoms. The number of fused-ring (bicyclic) bond motifs is 1. The van der Waals surface area contributed by atoms with E-state index in [1.165, 1.54) is 0 Å². The smallest absolute Gasteiger partial charge is 0.163 e. The van der Waals surface area contributed by atoms with Gasteiger partial charge in [-0.3, -0.25) is 4.68 Å². The molecule has 5 heterocycles. The van der Waals surface area contributed by atoms with E-state index in [0.717, 1.165) is 46.9 Å². The van der Waals surface area contributed by atoms with Crippen LogP contribution in [-0.2, 0) is 11.3 Å². The fourth-order valence-electron chi connectivity index (χ4n) is 3.86. The van der Waals surface area contributed by atoms with Crippen molar-refractivity contribution in [2.24, 2.45) is 0 Å². The first kappa shape index (κ1) is 17.8. The number of rotatable bonds is 4. The standard InChI is InChI=1S/C21H23N7O/c1-3-28-18(6-9-24-28)17-12-19(27-10-11-29-13-14(27)2)26-21(25-17)16-5-8-23-20-15(16)4-7-22-20/h4-9,12,14H,3,10-11,13H2,1-2H3,(H,22,23)/t14-/m1/s1. The van der Waals surface area contributed by atoms with E-state index < -0.39 is 0 Å². The fourth-order valence-corrected chi connectivity index (χ4v) is 3.86. The lowest BCUT2D eigenvalue weighted by Gasteiger charge is -2.34. The second kappa shape index (κ2) is 7.29. The lowest BCUT2D eigenvalue weighted by molar-refractivity contribution is 0.0985. The number of aryl methyl sites for hydroxylation is 1. The normalized spacial score (nSPS) is 17.2. The third kappa shape index (κ3) is 3.15. The van der Waals surface area contributed by atoms with E-state index >= 15 is 0 Å². The van der Waals surface area contributed by atoms with Crippen molar-refractivity contribution < 1.29 is 4.74 Å². The highest BCUT2D eigenvalue weighted by molar-refractivity contribution is 5.91. The van der Waals surface area contributed by atoms with E-state index in [9.17, 15) is 0 Å². The number of nitrogens with zero attached hydrogens (tertiary/aromatic N) is 6. The van der Waals surface area contributed by atoms with E-state index in [2.05, 4.69) is 39.9 Å². The Kier molecular flexibility index (Phi) is 4.48. The zero-order chi connectivity index (χ0) is 19.8. The van der Waals surface area contributed by atoms with Crippen LogP contribution >= 0.6 is 0 Å². The number of hydrogen-bond acceptors (Lipinski definition) is 6. The summed E-state index contributed by atoms with van der Waals surface area (Å²) in [5.74, 6) is 1.59. The monoisotopic (exact) mass is 389 g/mol. The van der Waals surface area contributed by atoms with Crippen molar-refractivity contribution in [1.29, 1.82) is 0 Å². The molecule has 0 unspecified atom stereocenters. The van der Waals surface area contributed by atoms with Crippen molar-refractivity contribution in [3.8, 4) is 22.8 Å². The number of morpholine rings is 1. The number of hydrogen-bond donors (Lipinski definition) is 1. The molecule has 4 aromatic heterocycles. The van der Waals surface area contributed by atoms with Gasteiger partial charge in [-0.05, 0) is 32.0 Å². The van der Waals surface area contributed by atoms with Crippen molar-refractivity contribution in [2.45, 2.75) is 26.4 Å². The predicted octanol–water partition coefficient (Wildman–Crippen LogP) is 3.13. The van der Waals surface area contributed by atoms with Crippen molar-refractivity contribution in [3.63, 3.8) is 0 Å². The SMILES string of the molecule is CCn1nccc1-c1cc(N2CCOC[C@H]2C)nc(-c2ccnc3[nH]ccc23)n1. The molecule has 1 N–H and O–H groups in total. The zero-order valence-electron chi connectivity index (χ0n) is 16.5. The Morgan fingerprint density at radius 1 is 1.21 bits per heavy atom. The highest BCUT2D eigenvalue weighted by Gasteiger charge is 2.23. The summed E-state index contributed by atoms with van der Waals surface area (Å²) in [6, 6.07) is 8.30. The van der Waals surface area contributed by atoms with Crippen LogP contribution in [0.4, 0.5) is 5.82 Å². The topological polar surface area (TPSA) is 84.8 Å². The van der Waals surface area contributed by atoms with Crippen LogP contribution in [0.2, 0.25) is 0 Å². The molecule has 0 aliphatic carbocycles. The minimum atomic E-state index is 0.250. The van der Waals surface area contributed by atoms with Gasteiger partial charge in [-0.15, -0.1) is 0 Å². The summed E-state index contributed by atoms with van der Waals surface area (Å²) in [6.45, 7) is 7.22. The van der Waals surface area contributed by atoms with Crippen LogP contribution in [0.25, 0.3) is 33.8 Å². The maximum atomic E-state index is 5.62. The Hall–Kier alpha value is -3.26. The van der Waals surface area contributed by atoms with Crippen LogP contribution in [0.3, 0.4) is 0 Å². The molecular formula is C21H23N7O. The number of aromatic amines is 1. The average Bonchev–Trinajstić information content (AvgIpc) is 3.42. The van der Waals surface area contributed by atoms with Gasteiger partial charge in [0.1, 0.15) is 11.5 Å². The molecule has 29 heavy (non-hydrogen) atoms. The van der Waals surface area contributed by atoms with E-state index in [4.69, 9.17) is 14.7 Å². The number of anilines is 1. The molecule has 1 aliphatic heterocycles. The Labute approximate surface area is 168 Å². The third-order valence-corrected chi connectivity index (χ3v) is 5.35. The van der Waals surface area contributed by atoms with Crippen LogP contribution in [0.15, 0.2) is 42.9 Å². The van der Waals surface area contributed by atoms with Crippen LogP contribution < -0.4 is 4.90 Å². The Balaban J connectivity index is 1.71. The minimum Gasteiger partial charge on any atom is -0.377 e. The summed E-state index contributed by atoms with van der Waals surface area (Å²) in [4.78, 5) is 19.8. The maximum absolute atomic E-state index is 5.62. The lowest BCUT2D eigenvalue weighted by Crippen LogP contribution is -2.44. The van der Waals surface area contributed by atoms with Gasteiger partial charge in [0.05, 0.1) is 30.6 Å². The highest BCUT2D eigenvalue weighted by atomic mass is 16.5. The highest BCUT2D eigenvalue weighted by Crippen LogP contribution is 2.30.